The Morgan fingerprint density at radius 1 is 1.30 bits per heavy atom. The number of amides is 1. The van der Waals surface area contributed by atoms with Crippen LogP contribution in [-0.2, 0) is 11.2 Å². The minimum atomic E-state index is -0.825. The van der Waals surface area contributed by atoms with Crippen LogP contribution in [-0.4, -0.2) is 63.1 Å². The Hall–Kier alpha value is -1.49. The van der Waals surface area contributed by atoms with E-state index in [1.54, 1.807) is 20.2 Å². The number of hydrogen-bond donors (Lipinski definition) is 3. The van der Waals surface area contributed by atoms with Crippen LogP contribution >= 0.6 is 24.0 Å². The highest BCUT2D eigenvalue weighted by atomic mass is 127. The molecule has 0 bridgehead atoms. The van der Waals surface area contributed by atoms with E-state index in [2.05, 4.69) is 25.8 Å². The zero-order valence-corrected chi connectivity index (χ0v) is 18.1. The van der Waals surface area contributed by atoms with Crippen LogP contribution in [0, 0.1) is 11.6 Å². The van der Waals surface area contributed by atoms with Gasteiger partial charge in [0.2, 0.25) is 5.91 Å². The van der Waals surface area contributed by atoms with Gasteiger partial charge in [0.1, 0.15) is 0 Å². The predicted octanol–water partition coefficient (Wildman–Crippen LogP) is 1.50. The lowest BCUT2D eigenvalue weighted by Crippen LogP contribution is -2.50. The van der Waals surface area contributed by atoms with Crippen molar-refractivity contribution >= 4 is 35.8 Å². The molecule has 2 rings (SSSR count). The van der Waals surface area contributed by atoms with Crippen LogP contribution in [0.1, 0.15) is 18.4 Å². The first kappa shape index (κ1) is 23.5. The monoisotopic (exact) mass is 495 g/mol. The van der Waals surface area contributed by atoms with Gasteiger partial charge in [0.15, 0.2) is 17.6 Å². The van der Waals surface area contributed by atoms with E-state index >= 15 is 0 Å². The van der Waals surface area contributed by atoms with Gasteiger partial charge in [0.25, 0.3) is 0 Å². The molecule has 27 heavy (non-hydrogen) atoms. The maximum Gasteiger partial charge on any atom is 0.233 e. The van der Waals surface area contributed by atoms with Gasteiger partial charge in [-0.15, -0.1) is 24.0 Å². The van der Waals surface area contributed by atoms with Crippen LogP contribution in [0.3, 0.4) is 0 Å². The van der Waals surface area contributed by atoms with Crippen molar-refractivity contribution in [2.45, 2.75) is 25.3 Å². The summed E-state index contributed by atoms with van der Waals surface area (Å²) in [6.45, 7) is 2.57. The van der Waals surface area contributed by atoms with Crippen molar-refractivity contribution in [3.8, 4) is 0 Å². The van der Waals surface area contributed by atoms with E-state index in [9.17, 15) is 13.6 Å². The molecule has 1 saturated heterocycles. The standard InChI is InChI=1S/C18H27F2N5O.HI/c1-21-16(26)12-25-10-7-14(8-11-25)24-18(22-2)23-9-6-13-4-3-5-15(19)17(13)20;/h3-5,14H,6-12H2,1-2H3,(H,21,26)(H2,22,23,24);1H. The number of aliphatic imine (C=N–C) groups is 1. The first-order valence-electron chi connectivity index (χ1n) is 8.86. The quantitative estimate of drug-likeness (QED) is 0.318. The van der Waals surface area contributed by atoms with E-state index in [4.69, 9.17) is 0 Å². The lowest BCUT2D eigenvalue weighted by atomic mass is 10.1. The summed E-state index contributed by atoms with van der Waals surface area (Å²) in [6.07, 6.45) is 2.20. The van der Waals surface area contributed by atoms with Gasteiger partial charge in [0, 0.05) is 39.8 Å². The lowest BCUT2D eigenvalue weighted by molar-refractivity contribution is -0.122. The summed E-state index contributed by atoms with van der Waals surface area (Å²) in [5.74, 6) is -0.945. The minimum Gasteiger partial charge on any atom is -0.358 e. The van der Waals surface area contributed by atoms with Crippen LogP contribution < -0.4 is 16.0 Å². The van der Waals surface area contributed by atoms with Gasteiger partial charge in [-0.1, -0.05) is 12.1 Å². The second-order valence-electron chi connectivity index (χ2n) is 6.33. The van der Waals surface area contributed by atoms with Crippen molar-refractivity contribution < 1.29 is 13.6 Å². The summed E-state index contributed by atoms with van der Waals surface area (Å²) < 4.78 is 26.9. The van der Waals surface area contributed by atoms with Crippen molar-refractivity contribution in [1.82, 2.24) is 20.9 Å². The molecule has 0 radical (unpaired) electrons. The summed E-state index contributed by atoms with van der Waals surface area (Å²) in [4.78, 5) is 17.7. The summed E-state index contributed by atoms with van der Waals surface area (Å²) in [6, 6.07) is 4.47. The highest BCUT2D eigenvalue weighted by Gasteiger charge is 2.21. The smallest absolute Gasteiger partial charge is 0.233 e. The van der Waals surface area contributed by atoms with Gasteiger partial charge in [-0.05, 0) is 30.9 Å². The summed E-state index contributed by atoms with van der Waals surface area (Å²) >= 11 is 0. The molecule has 1 fully saturated rings. The number of nitrogens with one attached hydrogen (secondary N) is 3. The maximum atomic E-state index is 13.7. The zero-order valence-electron chi connectivity index (χ0n) is 15.7. The van der Waals surface area contributed by atoms with E-state index in [1.807, 2.05) is 0 Å². The number of nitrogens with zero attached hydrogens (tertiary/aromatic N) is 2. The fourth-order valence-electron chi connectivity index (χ4n) is 2.96. The molecule has 9 heteroatoms. The fourth-order valence-corrected chi connectivity index (χ4v) is 2.96. The number of guanidine groups is 1. The van der Waals surface area contributed by atoms with E-state index < -0.39 is 11.6 Å². The SMILES string of the molecule is CN=C(NCCc1cccc(F)c1F)NC1CCN(CC(=O)NC)CC1.I. The van der Waals surface area contributed by atoms with Crippen molar-refractivity contribution in [3.05, 3.63) is 35.4 Å². The normalized spacial score (nSPS) is 15.8. The molecular weight excluding hydrogens is 467 g/mol. The third-order valence-corrected chi connectivity index (χ3v) is 4.52. The molecule has 0 atom stereocenters. The van der Waals surface area contributed by atoms with Gasteiger partial charge in [-0.3, -0.25) is 14.7 Å². The summed E-state index contributed by atoms with van der Waals surface area (Å²) in [7, 11) is 3.32. The summed E-state index contributed by atoms with van der Waals surface area (Å²) in [5.41, 5.74) is 0.343. The molecule has 1 aliphatic rings. The van der Waals surface area contributed by atoms with E-state index in [0.717, 1.165) is 32.0 Å². The highest BCUT2D eigenvalue weighted by molar-refractivity contribution is 14.0. The van der Waals surface area contributed by atoms with Crippen LogP contribution in [0.25, 0.3) is 0 Å². The molecule has 3 N–H and O–H groups in total. The van der Waals surface area contributed by atoms with E-state index in [0.29, 0.717) is 31.0 Å². The molecule has 0 aliphatic carbocycles. The Balaban J connectivity index is 0.00000364. The molecule has 0 unspecified atom stereocenters. The van der Waals surface area contributed by atoms with E-state index in [1.165, 1.54) is 6.07 Å². The van der Waals surface area contributed by atoms with Gasteiger partial charge in [0.05, 0.1) is 6.54 Å². The van der Waals surface area contributed by atoms with Crippen LogP contribution in [0.5, 0.6) is 0 Å². The molecular formula is C18H28F2IN5O. The Bertz CT molecular complexity index is 636. The van der Waals surface area contributed by atoms with Crippen molar-refractivity contribution in [2.24, 2.45) is 4.99 Å². The second kappa shape index (κ2) is 12.1. The van der Waals surface area contributed by atoms with Gasteiger partial charge < -0.3 is 16.0 Å². The average molecular weight is 495 g/mol. The number of halogens is 3. The maximum absolute atomic E-state index is 13.7. The third kappa shape index (κ3) is 7.57. The molecule has 0 spiro atoms. The van der Waals surface area contributed by atoms with E-state index in [-0.39, 0.29) is 35.9 Å². The fraction of sp³-hybridized carbons (Fsp3) is 0.556. The molecule has 0 saturated carbocycles. The topological polar surface area (TPSA) is 68.8 Å². The van der Waals surface area contributed by atoms with Gasteiger partial charge in [-0.25, -0.2) is 8.78 Å². The number of carbonyl (C=O) groups is 1. The third-order valence-electron chi connectivity index (χ3n) is 4.52. The highest BCUT2D eigenvalue weighted by Crippen LogP contribution is 2.12. The average Bonchev–Trinajstić information content (AvgIpc) is 2.65. The minimum absolute atomic E-state index is 0. The van der Waals surface area contributed by atoms with Crippen LogP contribution in [0.2, 0.25) is 0 Å². The number of benzene rings is 1. The largest absolute Gasteiger partial charge is 0.358 e. The lowest BCUT2D eigenvalue weighted by Gasteiger charge is -2.32. The summed E-state index contributed by atoms with van der Waals surface area (Å²) in [5, 5.41) is 9.12. The molecule has 1 aromatic carbocycles. The van der Waals surface area contributed by atoms with Crippen molar-refractivity contribution in [3.63, 3.8) is 0 Å². The van der Waals surface area contributed by atoms with Crippen molar-refractivity contribution in [1.29, 1.82) is 0 Å². The Labute approximate surface area is 176 Å². The Morgan fingerprint density at radius 2 is 2.00 bits per heavy atom. The van der Waals surface area contributed by atoms with Crippen molar-refractivity contribution in [2.75, 3.05) is 40.3 Å². The number of likely N-dealkylation sites (tertiary alicyclic amines) is 1. The molecule has 1 aromatic rings. The molecule has 0 aromatic heterocycles. The van der Waals surface area contributed by atoms with Crippen LogP contribution in [0.4, 0.5) is 8.78 Å². The predicted molar refractivity (Wildman–Crippen MR) is 114 cm³/mol. The number of hydrogen-bond acceptors (Lipinski definition) is 3. The van der Waals surface area contributed by atoms with Crippen LogP contribution in [0.15, 0.2) is 23.2 Å². The Morgan fingerprint density at radius 3 is 2.63 bits per heavy atom. The number of likely N-dealkylation sites (N-methyl/N-ethyl adjacent to an activating group) is 1. The van der Waals surface area contributed by atoms with Gasteiger partial charge >= 0.3 is 0 Å². The Kier molecular flexibility index (Phi) is 10.5. The number of rotatable bonds is 6. The molecule has 1 amide bonds. The molecule has 152 valence electrons. The zero-order chi connectivity index (χ0) is 18.9. The second-order valence-corrected chi connectivity index (χ2v) is 6.33. The van der Waals surface area contributed by atoms with Gasteiger partial charge in [-0.2, -0.15) is 0 Å². The first-order valence-corrected chi connectivity index (χ1v) is 8.86. The molecule has 1 aliphatic heterocycles. The molecule has 1 heterocycles. The number of carbonyl (C=O) groups excluding carboxylic acids is 1. The number of piperidine rings is 1. The molecule has 6 nitrogen and oxygen atoms in total. The first-order chi connectivity index (χ1) is 12.5.